The average Bonchev–Trinajstić information content (AvgIpc) is 3.59. The number of carbonyl (C=O) groups excluding carboxylic acids is 4. The summed E-state index contributed by atoms with van der Waals surface area (Å²) in [5.74, 6) is -2.45. The van der Waals surface area contributed by atoms with E-state index in [2.05, 4.69) is 5.32 Å². The summed E-state index contributed by atoms with van der Waals surface area (Å²) in [6.45, 7) is 23.1. The molecule has 0 aliphatic carbocycles. The molecule has 3 rings (SSSR count). The second-order valence-corrected chi connectivity index (χ2v) is 17.0. The molecule has 3 amide bonds. The van der Waals surface area contributed by atoms with E-state index < -0.39 is 58.3 Å². The van der Waals surface area contributed by atoms with Crippen molar-refractivity contribution in [2.24, 2.45) is 11.3 Å². The van der Waals surface area contributed by atoms with Crippen LogP contribution in [0.2, 0.25) is 0 Å². The van der Waals surface area contributed by atoms with E-state index in [0.29, 0.717) is 18.8 Å². The van der Waals surface area contributed by atoms with Gasteiger partial charge in [-0.15, -0.1) is 0 Å². The Kier molecular flexibility index (Phi) is 14.3. The molecule has 11 heteroatoms. The number of hydrogen-bond donors (Lipinski definition) is 1. The van der Waals surface area contributed by atoms with Gasteiger partial charge in [0.15, 0.2) is 0 Å². The van der Waals surface area contributed by atoms with E-state index in [0.717, 1.165) is 16.7 Å². The van der Waals surface area contributed by atoms with Crippen LogP contribution in [0.15, 0.2) is 66.2 Å². The number of esters is 1. The molecule has 2 aromatic rings. The molecule has 3 atom stereocenters. The van der Waals surface area contributed by atoms with Crippen LogP contribution in [0, 0.1) is 11.3 Å². The zero-order valence-electron chi connectivity index (χ0n) is 34.9. The number of ether oxygens (including phenoxy) is 4. The maximum atomic E-state index is 14.8. The van der Waals surface area contributed by atoms with Crippen LogP contribution in [0.4, 0.5) is 4.79 Å². The second kappa shape index (κ2) is 17.5. The first kappa shape index (κ1) is 44.2. The predicted octanol–water partition coefficient (Wildman–Crippen LogP) is 6.97. The summed E-state index contributed by atoms with van der Waals surface area (Å²) in [6.07, 6.45) is 1.05. The molecule has 54 heavy (non-hydrogen) atoms. The lowest BCUT2D eigenvalue weighted by atomic mass is 9.75. The molecule has 1 N–H and O–H groups in total. The van der Waals surface area contributed by atoms with Gasteiger partial charge in [0, 0.05) is 36.2 Å². The number of nitrogens with zero attached hydrogens (tertiary/aromatic N) is 2. The molecule has 1 fully saturated rings. The topological polar surface area (TPSA) is 124 Å². The van der Waals surface area contributed by atoms with E-state index in [1.165, 1.54) is 11.9 Å². The van der Waals surface area contributed by atoms with Crippen molar-refractivity contribution in [3.05, 3.63) is 82.9 Å². The molecule has 0 aromatic heterocycles. The lowest BCUT2D eigenvalue weighted by Crippen LogP contribution is -2.63. The summed E-state index contributed by atoms with van der Waals surface area (Å²) in [5, 5.41) is 3.05. The molecule has 1 saturated heterocycles. The van der Waals surface area contributed by atoms with Crippen LogP contribution < -0.4 is 5.32 Å². The highest BCUT2D eigenvalue weighted by atomic mass is 16.7. The van der Waals surface area contributed by atoms with Gasteiger partial charge in [0.05, 0.1) is 25.9 Å². The van der Waals surface area contributed by atoms with Crippen molar-refractivity contribution in [1.82, 2.24) is 15.1 Å². The molecular weight excluding hydrogens is 686 g/mol. The van der Waals surface area contributed by atoms with Gasteiger partial charge in [0.1, 0.15) is 17.7 Å². The van der Waals surface area contributed by atoms with E-state index in [-0.39, 0.29) is 18.4 Å². The summed E-state index contributed by atoms with van der Waals surface area (Å²) in [7, 11) is 3.21. The first-order valence-corrected chi connectivity index (χ1v) is 18.8. The third-order valence-corrected chi connectivity index (χ3v) is 9.75. The van der Waals surface area contributed by atoms with Gasteiger partial charge >= 0.3 is 12.1 Å². The van der Waals surface area contributed by atoms with Crippen LogP contribution in [0.25, 0.3) is 0 Å². The van der Waals surface area contributed by atoms with Crippen molar-refractivity contribution in [2.75, 3.05) is 33.9 Å². The van der Waals surface area contributed by atoms with Crippen LogP contribution in [-0.4, -0.2) is 91.3 Å². The normalized spacial score (nSPS) is 16.6. The van der Waals surface area contributed by atoms with E-state index in [9.17, 15) is 19.2 Å². The van der Waals surface area contributed by atoms with E-state index in [4.69, 9.17) is 18.9 Å². The number of nitrogens with one attached hydrogen (secondary N) is 1. The molecule has 1 aliphatic rings. The van der Waals surface area contributed by atoms with Gasteiger partial charge in [0.25, 0.3) is 0 Å². The molecule has 0 spiro atoms. The molecule has 0 radical (unpaired) electrons. The third kappa shape index (κ3) is 10.3. The fourth-order valence-electron chi connectivity index (χ4n) is 6.82. The molecule has 0 unspecified atom stereocenters. The number of rotatable bonds is 13. The maximum Gasteiger partial charge on any atom is 0.410 e. The second-order valence-electron chi connectivity index (χ2n) is 17.0. The Balaban J connectivity index is 2.07. The Labute approximate surface area is 322 Å². The number of hydrogen-bond acceptors (Lipinski definition) is 8. The lowest BCUT2D eigenvalue weighted by molar-refractivity contribution is -0.142. The van der Waals surface area contributed by atoms with Crippen molar-refractivity contribution in [2.45, 2.75) is 118 Å². The van der Waals surface area contributed by atoms with Crippen LogP contribution >= 0.6 is 0 Å². The van der Waals surface area contributed by atoms with Gasteiger partial charge in [-0.25, -0.2) is 9.59 Å². The summed E-state index contributed by atoms with van der Waals surface area (Å²) in [5.41, 5.74) is 0.251. The molecule has 1 heterocycles. The van der Waals surface area contributed by atoms with E-state index >= 15 is 0 Å². The van der Waals surface area contributed by atoms with Crippen LogP contribution in [0.3, 0.4) is 0 Å². The number of amides is 3. The highest BCUT2D eigenvalue weighted by molar-refractivity contribution is 5.93. The average molecular weight is 750 g/mol. The summed E-state index contributed by atoms with van der Waals surface area (Å²) in [4.78, 5) is 58.2. The molecule has 11 nitrogen and oxygen atoms in total. The van der Waals surface area contributed by atoms with Crippen molar-refractivity contribution < 1.29 is 38.1 Å². The fraction of sp³-hybridized carbons (Fsp3) is 0.581. The Bertz CT molecular complexity index is 1630. The van der Waals surface area contributed by atoms with Crippen LogP contribution in [0.1, 0.15) is 99.8 Å². The van der Waals surface area contributed by atoms with Gasteiger partial charge in [-0.3, -0.25) is 14.5 Å². The largest absolute Gasteiger partial charge is 0.463 e. The number of carbonyl (C=O) groups is 4. The van der Waals surface area contributed by atoms with Crippen molar-refractivity contribution in [3.8, 4) is 0 Å². The first-order valence-electron chi connectivity index (χ1n) is 18.8. The minimum atomic E-state index is -1.12. The van der Waals surface area contributed by atoms with Gasteiger partial charge in [-0.05, 0) is 51.5 Å². The molecule has 2 aromatic carbocycles. The Morgan fingerprint density at radius 1 is 0.852 bits per heavy atom. The molecular formula is C43H63N3O8. The van der Waals surface area contributed by atoms with Gasteiger partial charge < -0.3 is 29.2 Å². The standard InChI is InChI=1S/C43H63N3O8/c1-15-51-38(49)29(4)27-33(28(2)3)45(13)37(48)34(40(5,6)7)44-36(47)35(46(14)39(50)54-41(8,9)10)42(11,12)30-21-23-32(24-22-30)43(52-25-26-53-43)31-19-17-16-18-20-31/h16-24,27-28,33-35H,15,25-26H2,1-14H3,(H,44,47)/b29-27+/t33-,34-,35-/m1/s1. The predicted molar refractivity (Wildman–Crippen MR) is 210 cm³/mol. The molecule has 0 bridgehead atoms. The molecule has 1 aliphatic heterocycles. The minimum Gasteiger partial charge on any atom is -0.463 e. The Morgan fingerprint density at radius 2 is 1.39 bits per heavy atom. The maximum absolute atomic E-state index is 14.8. The summed E-state index contributed by atoms with van der Waals surface area (Å²) < 4.78 is 23.4. The molecule has 298 valence electrons. The minimum absolute atomic E-state index is 0.0614. The monoisotopic (exact) mass is 749 g/mol. The van der Waals surface area contributed by atoms with Crippen LogP contribution in [0.5, 0.6) is 0 Å². The van der Waals surface area contributed by atoms with Crippen molar-refractivity contribution in [1.29, 1.82) is 0 Å². The zero-order valence-corrected chi connectivity index (χ0v) is 34.9. The van der Waals surface area contributed by atoms with E-state index in [1.54, 1.807) is 52.6 Å². The Morgan fingerprint density at radius 3 is 1.87 bits per heavy atom. The van der Waals surface area contributed by atoms with Gasteiger partial charge in [-0.2, -0.15) is 0 Å². The quantitative estimate of drug-likeness (QED) is 0.172. The van der Waals surface area contributed by atoms with Gasteiger partial charge in [-0.1, -0.05) is 109 Å². The zero-order chi connectivity index (χ0) is 40.8. The third-order valence-electron chi connectivity index (χ3n) is 9.75. The smallest absolute Gasteiger partial charge is 0.410 e. The number of likely N-dealkylation sites (N-methyl/N-ethyl adjacent to an activating group) is 2. The summed E-state index contributed by atoms with van der Waals surface area (Å²) in [6, 6.07) is 14.8. The SMILES string of the molecule is CCOC(=O)/C(C)=C/[C@H](C(C)C)N(C)C(=O)[C@@H](NC(=O)[C@@H](N(C)C(=O)OC(C)(C)C)C(C)(C)c1ccc(C2(c3ccccc3)OCCO2)cc1)C(C)(C)C. The van der Waals surface area contributed by atoms with Crippen molar-refractivity contribution in [3.63, 3.8) is 0 Å². The lowest BCUT2D eigenvalue weighted by Gasteiger charge is -2.42. The molecule has 0 saturated carbocycles. The highest BCUT2D eigenvalue weighted by Crippen LogP contribution is 2.40. The fourth-order valence-corrected chi connectivity index (χ4v) is 6.82. The van der Waals surface area contributed by atoms with Gasteiger partial charge in [0.2, 0.25) is 17.6 Å². The Hall–Kier alpha value is -4.22. The van der Waals surface area contributed by atoms with E-state index in [1.807, 2.05) is 103 Å². The highest BCUT2D eigenvalue weighted by Gasteiger charge is 2.47. The van der Waals surface area contributed by atoms with Crippen LogP contribution in [-0.2, 0) is 44.5 Å². The summed E-state index contributed by atoms with van der Waals surface area (Å²) >= 11 is 0. The first-order chi connectivity index (χ1) is 25.0. The number of benzene rings is 2. The van der Waals surface area contributed by atoms with Crippen molar-refractivity contribution >= 4 is 23.9 Å².